The van der Waals surface area contributed by atoms with Gasteiger partial charge in [0, 0.05) is 12.5 Å². The molecule has 0 aromatic carbocycles. The summed E-state index contributed by atoms with van der Waals surface area (Å²) in [5, 5.41) is 7.91. The Kier molecular flexibility index (Phi) is 2.06. The van der Waals surface area contributed by atoms with Crippen LogP contribution >= 0.6 is 0 Å². The predicted octanol–water partition coefficient (Wildman–Crippen LogP) is 0.398. The minimum Gasteiger partial charge on any atom is -0.299 e. The van der Waals surface area contributed by atoms with Gasteiger partial charge >= 0.3 is 0 Å². The summed E-state index contributed by atoms with van der Waals surface area (Å²) >= 11 is 0. The molecule has 0 aliphatic rings. The maximum atomic E-state index is 5.23. The van der Waals surface area contributed by atoms with E-state index in [1.54, 1.807) is 0 Å². The van der Waals surface area contributed by atoms with Crippen LogP contribution in [0.4, 0.5) is 5.95 Å². The van der Waals surface area contributed by atoms with Gasteiger partial charge in [-0.1, -0.05) is 20.8 Å². The average Bonchev–Trinajstić information content (AvgIpc) is 2.29. The summed E-state index contributed by atoms with van der Waals surface area (Å²) in [6.45, 7) is 6.24. The summed E-state index contributed by atoms with van der Waals surface area (Å²) < 4.78 is 1.85. The van der Waals surface area contributed by atoms with Gasteiger partial charge in [0.2, 0.25) is 5.95 Å². The normalized spacial score (nSPS) is 11.8. The molecule has 0 saturated heterocycles. The quantitative estimate of drug-likeness (QED) is 0.471. The molecule has 1 aromatic rings. The Morgan fingerprint density at radius 1 is 1.33 bits per heavy atom. The van der Waals surface area contributed by atoms with Crippen LogP contribution < -0.4 is 11.3 Å². The number of hydrogen-bond acceptors (Lipinski definition) is 4. The van der Waals surface area contributed by atoms with Gasteiger partial charge in [0.15, 0.2) is 0 Å². The zero-order valence-electron chi connectivity index (χ0n) is 7.92. The fraction of sp³-hybridized carbons (Fsp3) is 0.714. The number of rotatable bonds is 1. The number of hydrazine groups is 1. The lowest BCUT2D eigenvalue weighted by Gasteiger charge is -2.16. The first-order valence-electron chi connectivity index (χ1n) is 3.83. The molecule has 0 radical (unpaired) electrons. The summed E-state index contributed by atoms with van der Waals surface area (Å²) in [6, 6.07) is 0. The molecule has 0 unspecified atom stereocenters. The highest BCUT2D eigenvalue weighted by atomic mass is 15.4. The van der Waals surface area contributed by atoms with Crippen LogP contribution in [0.25, 0.3) is 0 Å². The molecule has 0 fully saturated rings. The number of hydrogen-bond donors (Lipinski definition) is 2. The van der Waals surface area contributed by atoms with Gasteiger partial charge in [-0.25, -0.2) is 5.84 Å². The van der Waals surface area contributed by atoms with E-state index in [4.69, 9.17) is 5.84 Å². The molecular formula is C7H15N5. The maximum absolute atomic E-state index is 5.23. The zero-order valence-corrected chi connectivity index (χ0v) is 7.92. The number of nitrogens with one attached hydrogen (secondary N) is 1. The molecule has 0 spiro atoms. The van der Waals surface area contributed by atoms with Crippen molar-refractivity contribution in [3.05, 3.63) is 5.82 Å². The van der Waals surface area contributed by atoms with Crippen molar-refractivity contribution in [2.24, 2.45) is 12.9 Å². The van der Waals surface area contributed by atoms with Crippen molar-refractivity contribution in [1.29, 1.82) is 0 Å². The summed E-state index contributed by atoms with van der Waals surface area (Å²) in [5.74, 6) is 6.73. The van der Waals surface area contributed by atoms with Crippen molar-refractivity contribution in [2.45, 2.75) is 26.2 Å². The Labute approximate surface area is 71.9 Å². The van der Waals surface area contributed by atoms with Crippen LogP contribution in [0.5, 0.6) is 0 Å². The Bertz CT molecular complexity index is 270. The minimum atomic E-state index is -0.00313. The SMILES string of the molecule is Cn1c(NN)nnc1C(C)(C)C. The van der Waals surface area contributed by atoms with E-state index >= 15 is 0 Å². The predicted molar refractivity (Wildman–Crippen MR) is 47.5 cm³/mol. The van der Waals surface area contributed by atoms with Crippen LogP contribution in [0.2, 0.25) is 0 Å². The lowest BCUT2D eigenvalue weighted by molar-refractivity contribution is 0.521. The van der Waals surface area contributed by atoms with Crippen LogP contribution in [0.3, 0.4) is 0 Å². The van der Waals surface area contributed by atoms with Crippen LogP contribution in [0.1, 0.15) is 26.6 Å². The monoisotopic (exact) mass is 169 g/mol. The number of aromatic nitrogens is 3. The Balaban J connectivity index is 3.11. The van der Waals surface area contributed by atoms with Gasteiger partial charge < -0.3 is 0 Å². The van der Waals surface area contributed by atoms with Crippen molar-refractivity contribution in [2.75, 3.05) is 5.43 Å². The molecule has 1 heterocycles. The van der Waals surface area contributed by atoms with Gasteiger partial charge in [-0.15, -0.1) is 10.2 Å². The first-order valence-corrected chi connectivity index (χ1v) is 3.83. The van der Waals surface area contributed by atoms with Crippen LogP contribution in [0.15, 0.2) is 0 Å². The second-order valence-electron chi connectivity index (χ2n) is 3.80. The summed E-state index contributed by atoms with van der Waals surface area (Å²) in [6.07, 6.45) is 0. The molecule has 0 bridgehead atoms. The Morgan fingerprint density at radius 2 is 1.92 bits per heavy atom. The molecule has 5 heteroatoms. The van der Waals surface area contributed by atoms with E-state index in [1.807, 2.05) is 11.6 Å². The Morgan fingerprint density at radius 3 is 2.17 bits per heavy atom. The third-order valence-corrected chi connectivity index (χ3v) is 1.67. The van der Waals surface area contributed by atoms with Crippen molar-refractivity contribution < 1.29 is 0 Å². The molecule has 12 heavy (non-hydrogen) atoms. The van der Waals surface area contributed by atoms with Gasteiger partial charge in [-0.3, -0.25) is 9.99 Å². The molecule has 0 aliphatic carbocycles. The highest BCUT2D eigenvalue weighted by Gasteiger charge is 2.21. The third kappa shape index (κ3) is 1.40. The second kappa shape index (κ2) is 2.75. The van der Waals surface area contributed by atoms with E-state index in [0.717, 1.165) is 5.82 Å². The lowest BCUT2D eigenvalue weighted by Crippen LogP contribution is -2.19. The first kappa shape index (κ1) is 8.99. The summed E-state index contributed by atoms with van der Waals surface area (Å²) in [7, 11) is 1.88. The molecule has 0 saturated carbocycles. The van der Waals surface area contributed by atoms with E-state index in [1.165, 1.54) is 0 Å². The fourth-order valence-electron chi connectivity index (χ4n) is 1.11. The maximum Gasteiger partial charge on any atom is 0.238 e. The first-order chi connectivity index (χ1) is 5.46. The van der Waals surface area contributed by atoms with Gasteiger partial charge in [0.05, 0.1) is 0 Å². The van der Waals surface area contributed by atoms with E-state index in [9.17, 15) is 0 Å². The topological polar surface area (TPSA) is 68.8 Å². The van der Waals surface area contributed by atoms with E-state index in [2.05, 4.69) is 36.4 Å². The molecular weight excluding hydrogens is 154 g/mol. The smallest absolute Gasteiger partial charge is 0.238 e. The van der Waals surface area contributed by atoms with Crippen molar-refractivity contribution in [1.82, 2.24) is 14.8 Å². The zero-order chi connectivity index (χ0) is 9.35. The molecule has 68 valence electrons. The van der Waals surface area contributed by atoms with Crippen LogP contribution in [0, 0.1) is 0 Å². The molecule has 0 atom stereocenters. The van der Waals surface area contributed by atoms with Gasteiger partial charge in [0.25, 0.3) is 0 Å². The minimum absolute atomic E-state index is 0.00313. The second-order valence-corrected chi connectivity index (χ2v) is 3.80. The van der Waals surface area contributed by atoms with Crippen molar-refractivity contribution in [3.8, 4) is 0 Å². The fourth-order valence-corrected chi connectivity index (χ4v) is 1.11. The summed E-state index contributed by atoms with van der Waals surface area (Å²) in [4.78, 5) is 0. The molecule has 1 rings (SSSR count). The van der Waals surface area contributed by atoms with Gasteiger partial charge in [-0.05, 0) is 0 Å². The van der Waals surface area contributed by atoms with Crippen molar-refractivity contribution in [3.63, 3.8) is 0 Å². The number of nitrogens with zero attached hydrogens (tertiary/aromatic N) is 3. The number of nitrogens with two attached hydrogens (primary N) is 1. The number of anilines is 1. The number of nitrogen functional groups attached to an aromatic ring is 1. The van der Waals surface area contributed by atoms with Crippen LogP contribution in [-0.2, 0) is 12.5 Å². The largest absolute Gasteiger partial charge is 0.299 e. The lowest BCUT2D eigenvalue weighted by atomic mass is 9.96. The molecule has 0 aliphatic heterocycles. The highest BCUT2D eigenvalue weighted by Crippen LogP contribution is 2.20. The van der Waals surface area contributed by atoms with Crippen molar-refractivity contribution >= 4 is 5.95 Å². The van der Waals surface area contributed by atoms with E-state index < -0.39 is 0 Å². The Hall–Kier alpha value is -1.10. The van der Waals surface area contributed by atoms with Gasteiger partial charge in [0.1, 0.15) is 5.82 Å². The third-order valence-electron chi connectivity index (χ3n) is 1.67. The molecule has 1 aromatic heterocycles. The summed E-state index contributed by atoms with van der Waals surface area (Å²) in [5.41, 5.74) is 2.47. The average molecular weight is 169 g/mol. The van der Waals surface area contributed by atoms with E-state index in [-0.39, 0.29) is 5.41 Å². The van der Waals surface area contributed by atoms with Crippen LogP contribution in [-0.4, -0.2) is 14.8 Å². The molecule has 0 amide bonds. The molecule has 3 N–H and O–H groups in total. The van der Waals surface area contributed by atoms with E-state index in [0.29, 0.717) is 5.95 Å². The van der Waals surface area contributed by atoms with Gasteiger partial charge in [-0.2, -0.15) is 0 Å². The standard InChI is InChI=1S/C7H15N5/c1-7(2,3)5-10-11-6(9-8)12(5)4/h8H2,1-4H3,(H,9,11). The molecule has 5 nitrogen and oxygen atoms in total. The highest BCUT2D eigenvalue weighted by molar-refractivity contribution is 5.24.